The van der Waals surface area contributed by atoms with E-state index < -0.39 is 5.97 Å². The molecule has 2 fully saturated rings. The molecule has 6 nitrogen and oxygen atoms in total. The second-order valence-electron chi connectivity index (χ2n) is 5.75. The third kappa shape index (κ3) is 3.59. The summed E-state index contributed by atoms with van der Waals surface area (Å²) in [6, 6.07) is -0.218. The number of nitrogens with zero attached hydrogens (tertiary/aromatic N) is 1. The maximum atomic E-state index is 12.3. The number of rotatable bonds is 4. The molecule has 1 aliphatic carbocycles. The minimum Gasteiger partial charge on any atom is -0.480 e. The van der Waals surface area contributed by atoms with Crippen molar-refractivity contribution in [1.82, 2.24) is 10.2 Å². The average molecular weight is 270 g/mol. The Hall–Kier alpha value is -1.30. The van der Waals surface area contributed by atoms with E-state index in [-0.39, 0.29) is 24.2 Å². The number of urea groups is 1. The van der Waals surface area contributed by atoms with E-state index in [1.54, 1.807) is 0 Å². The van der Waals surface area contributed by atoms with E-state index in [1.807, 2.05) is 6.92 Å². The monoisotopic (exact) mass is 270 g/mol. The second-order valence-corrected chi connectivity index (χ2v) is 5.75. The zero-order valence-corrected chi connectivity index (χ0v) is 11.4. The highest BCUT2D eigenvalue weighted by atomic mass is 16.5. The van der Waals surface area contributed by atoms with Crippen LogP contribution in [-0.4, -0.2) is 53.3 Å². The highest BCUT2D eigenvalue weighted by Crippen LogP contribution is 2.24. The van der Waals surface area contributed by atoms with Gasteiger partial charge in [0.25, 0.3) is 0 Å². The van der Waals surface area contributed by atoms with Gasteiger partial charge in [-0.1, -0.05) is 12.8 Å². The van der Waals surface area contributed by atoms with E-state index in [9.17, 15) is 9.59 Å². The SMILES string of the molecule is CC1(NC(=O)N(CC(=O)O)C2CCCC2)CCOC1. The Bertz CT molecular complexity index is 347. The standard InChI is InChI=1S/C13H22N2O4/c1-13(6-7-19-9-13)14-12(18)15(8-11(16)17)10-4-2-3-5-10/h10H,2-9H2,1H3,(H,14,18)(H,16,17). The molecule has 2 aliphatic rings. The van der Waals surface area contributed by atoms with Crippen LogP contribution in [0.4, 0.5) is 4.79 Å². The summed E-state index contributed by atoms with van der Waals surface area (Å²) >= 11 is 0. The number of carbonyl (C=O) groups excluding carboxylic acids is 1. The van der Waals surface area contributed by atoms with Crippen molar-refractivity contribution in [1.29, 1.82) is 0 Å². The molecule has 2 rings (SSSR count). The maximum Gasteiger partial charge on any atom is 0.323 e. The van der Waals surface area contributed by atoms with Gasteiger partial charge in [-0.3, -0.25) is 4.79 Å². The van der Waals surface area contributed by atoms with E-state index in [4.69, 9.17) is 9.84 Å². The summed E-state index contributed by atoms with van der Waals surface area (Å²) in [6.07, 6.45) is 4.69. The van der Waals surface area contributed by atoms with E-state index in [0.29, 0.717) is 13.2 Å². The van der Waals surface area contributed by atoms with Gasteiger partial charge in [-0.25, -0.2) is 4.79 Å². The van der Waals surface area contributed by atoms with E-state index in [2.05, 4.69) is 5.32 Å². The number of aliphatic carboxylic acids is 1. The lowest BCUT2D eigenvalue weighted by molar-refractivity contribution is -0.138. The smallest absolute Gasteiger partial charge is 0.323 e. The largest absolute Gasteiger partial charge is 0.480 e. The molecule has 1 heterocycles. The Kier molecular flexibility index (Phi) is 4.29. The molecule has 1 saturated carbocycles. The van der Waals surface area contributed by atoms with Gasteiger partial charge in [-0.05, 0) is 26.2 Å². The highest BCUT2D eigenvalue weighted by molar-refractivity contribution is 5.81. The summed E-state index contributed by atoms with van der Waals surface area (Å²) in [5, 5.41) is 11.9. The number of hydrogen-bond acceptors (Lipinski definition) is 3. The first kappa shape index (κ1) is 14.1. The Labute approximate surface area is 113 Å². The van der Waals surface area contributed by atoms with Crippen molar-refractivity contribution in [3.63, 3.8) is 0 Å². The van der Waals surface area contributed by atoms with Gasteiger partial charge in [0.15, 0.2) is 0 Å². The third-order valence-corrected chi connectivity index (χ3v) is 3.96. The summed E-state index contributed by atoms with van der Waals surface area (Å²) in [6.45, 7) is 2.84. The molecule has 2 amide bonds. The van der Waals surface area contributed by atoms with Crippen molar-refractivity contribution in [2.24, 2.45) is 0 Å². The lowest BCUT2D eigenvalue weighted by Gasteiger charge is -2.32. The fourth-order valence-corrected chi connectivity index (χ4v) is 2.82. The van der Waals surface area contributed by atoms with Crippen molar-refractivity contribution in [3.8, 4) is 0 Å². The summed E-state index contributed by atoms with van der Waals surface area (Å²) in [5.41, 5.74) is -0.369. The van der Waals surface area contributed by atoms with Gasteiger partial charge in [0, 0.05) is 12.6 Å². The summed E-state index contributed by atoms with van der Waals surface area (Å²) in [7, 11) is 0. The number of hydrogen-bond donors (Lipinski definition) is 2. The summed E-state index contributed by atoms with van der Waals surface area (Å²) in [5.74, 6) is -0.963. The van der Waals surface area contributed by atoms with E-state index in [0.717, 1.165) is 32.1 Å². The Morgan fingerprint density at radius 2 is 2.11 bits per heavy atom. The summed E-state index contributed by atoms with van der Waals surface area (Å²) < 4.78 is 5.30. The van der Waals surface area contributed by atoms with Gasteiger partial charge < -0.3 is 20.1 Å². The molecule has 0 aromatic carbocycles. The average Bonchev–Trinajstić information content (AvgIpc) is 2.97. The normalized spacial score (nSPS) is 27.4. The zero-order valence-electron chi connectivity index (χ0n) is 11.4. The molecule has 19 heavy (non-hydrogen) atoms. The van der Waals surface area contributed by atoms with Gasteiger partial charge in [-0.15, -0.1) is 0 Å². The predicted octanol–water partition coefficient (Wildman–Crippen LogP) is 1.20. The number of carboxylic acid groups (broad SMARTS) is 1. The first-order valence-corrected chi connectivity index (χ1v) is 6.88. The van der Waals surface area contributed by atoms with Crippen LogP contribution >= 0.6 is 0 Å². The Balaban J connectivity index is 1.99. The van der Waals surface area contributed by atoms with Crippen LogP contribution in [0.25, 0.3) is 0 Å². The molecule has 1 saturated heterocycles. The van der Waals surface area contributed by atoms with Gasteiger partial charge in [0.05, 0.1) is 12.1 Å². The predicted molar refractivity (Wildman–Crippen MR) is 69.0 cm³/mol. The fourth-order valence-electron chi connectivity index (χ4n) is 2.82. The van der Waals surface area contributed by atoms with Gasteiger partial charge in [0.1, 0.15) is 6.54 Å². The number of ether oxygens (including phenoxy) is 1. The third-order valence-electron chi connectivity index (χ3n) is 3.96. The molecular weight excluding hydrogens is 248 g/mol. The first-order valence-electron chi connectivity index (χ1n) is 6.88. The van der Waals surface area contributed by atoms with Crippen molar-refractivity contribution >= 4 is 12.0 Å². The van der Waals surface area contributed by atoms with Crippen molar-refractivity contribution in [2.45, 2.75) is 50.6 Å². The number of nitrogens with one attached hydrogen (secondary N) is 1. The Morgan fingerprint density at radius 3 is 2.63 bits per heavy atom. The lowest BCUT2D eigenvalue weighted by atomic mass is 10.0. The van der Waals surface area contributed by atoms with Crippen LogP contribution in [0.5, 0.6) is 0 Å². The van der Waals surface area contributed by atoms with Crippen LogP contribution in [0.1, 0.15) is 39.0 Å². The molecule has 0 aromatic heterocycles. The Morgan fingerprint density at radius 1 is 1.42 bits per heavy atom. The van der Waals surface area contributed by atoms with Crippen molar-refractivity contribution < 1.29 is 19.4 Å². The van der Waals surface area contributed by atoms with Gasteiger partial charge >= 0.3 is 12.0 Å². The lowest BCUT2D eigenvalue weighted by Crippen LogP contribution is -2.55. The van der Waals surface area contributed by atoms with E-state index >= 15 is 0 Å². The van der Waals surface area contributed by atoms with Crippen molar-refractivity contribution in [3.05, 3.63) is 0 Å². The number of amides is 2. The molecule has 1 atom stereocenters. The van der Waals surface area contributed by atoms with Gasteiger partial charge in [-0.2, -0.15) is 0 Å². The molecule has 108 valence electrons. The minimum absolute atomic E-state index is 0.0574. The molecular formula is C13H22N2O4. The van der Waals surface area contributed by atoms with E-state index in [1.165, 1.54) is 4.90 Å². The first-order chi connectivity index (χ1) is 9.00. The molecule has 0 spiro atoms. The van der Waals surface area contributed by atoms with Crippen LogP contribution in [0.3, 0.4) is 0 Å². The van der Waals surface area contributed by atoms with Crippen LogP contribution in [0.2, 0.25) is 0 Å². The maximum absolute atomic E-state index is 12.3. The molecule has 1 unspecified atom stereocenters. The topological polar surface area (TPSA) is 78.9 Å². The van der Waals surface area contributed by atoms with Crippen LogP contribution in [0.15, 0.2) is 0 Å². The van der Waals surface area contributed by atoms with Crippen LogP contribution in [0, 0.1) is 0 Å². The van der Waals surface area contributed by atoms with Crippen molar-refractivity contribution in [2.75, 3.05) is 19.8 Å². The summed E-state index contributed by atoms with van der Waals surface area (Å²) in [4.78, 5) is 24.7. The number of carbonyl (C=O) groups is 2. The molecule has 2 N–H and O–H groups in total. The molecule has 0 radical (unpaired) electrons. The minimum atomic E-state index is -0.963. The molecule has 1 aliphatic heterocycles. The fraction of sp³-hybridized carbons (Fsp3) is 0.846. The van der Waals surface area contributed by atoms with Gasteiger partial charge in [0.2, 0.25) is 0 Å². The quantitative estimate of drug-likeness (QED) is 0.804. The molecule has 0 bridgehead atoms. The molecule has 0 aromatic rings. The second kappa shape index (κ2) is 5.77. The van der Waals surface area contributed by atoms with Crippen LogP contribution in [-0.2, 0) is 9.53 Å². The highest BCUT2D eigenvalue weighted by Gasteiger charge is 2.35. The molecule has 6 heteroatoms. The number of carboxylic acids is 1. The zero-order chi connectivity index (χ0) is 13.9. The van der Waals surface area contributed by atoms with Crippen LogP contribution < -0.4 is 5.32 Å².